The first kappa shape index (κ1) is 23.9. The van der Waals surface area contributed by atoms with Gasteiger partial charge in [-0.05, 0) is 68.8 Å². The Morgan fingerprint density at radius 2 is 1.86 bits per heavy atom. The molecule has 0 unspecified atom stereocenters. The number of unbranched alkanes of at least 4 members (excludes halogenated alkanes) is 1. The lowest BCUT2D eigenvalue weighted by molar-refractivity contribution is 0.0478. The Bertz CT molecular complexity index is 1040. The maximum Gasteiger partial charge on any atom is 0.222 e. The summed E-state index contributed by atoms with van der Waals surface area (Å²) in [6.07, 6.45) is 10.9. The summed E-state index contributed by atoms with van der Waals surface area (Å²) in [5.74, 6) is 2.35. The van der Waals surface area contributed by atoms with Gasteiger partial charge in [-0.2, -0.15) is 4.98 Å². The minimum Gasteiger partial charge on any atom is -0.476 e. The van der Waals surface area contributed by atoms with Gasteiger partial charge >= 0.3 is 0 Å². The largest absolute Gasteiger partial charge is 0.476 e. The van der Waals surface area contributed by atoms with Crippen molar-refractivity contribution in [3.63, 3.8) is 0 Å². The molecule has 5 rings (SSSR count). The summed E-state index contributed by atoms with van der Waals surface area (Å²) in [4.78, 5) is 16.2. The van der Waals surface area contributed by atoms with Crippen LogP contribution in [0, 0.1) is 0 Å². The molecule has 2 fully saturated rings. The maximum absolute atomic E-state index is 6.53. The molecule has 1 aliphatic carbocycles. The Morgan fingerprint density at radius 1 is 1.06 bits per heavy atom. The second-order valence-corrected chi connectivity index (χ2v) is 10.3. The van der Waals surface area contributed by atoms with E-state index in [2.05, 4.69) is 69.0 Å². The Kier molecular flexibility index (Phi) is 7.42. The highest BCUT2D eigenvalue weighted by Gasteiger charge is 2.24. The molecular weight excluding hydrogens is 436 g/mol. The number of piperazine rings is 1. The van der Waals surface area contributed by atoms with Crippen molar-refractivity contribution in [2.75, 3.05) is 50.4 Å². The van der Waals surface area contributed by atoms with Crippen molar-refractivity contribution in [2.24, 2.45) is 0 Å². The zero-order chi connectivity index (χ0) is 24.2. The maximum atomic E-state index is 6.53. The number of aromatic nitrogens is 2. The molecule has 0 amide bonds. The summed E-state index contributed by atoms with van der Waals surface area (Å²) >= 11 is 0. The summed E-state index contributed by atoms with van der Waals surface area (Å²) in [6, 6.07) is 8.85. The minimum absolute atomic E-state index is 0.338. The minimum atomic E-state index is 0.338. The molecule has 0 bridgehead atoms. The molecule has 2 N–H and O–H groups in total. The van der Waals surface area contributed by atoms with Gasteiger partial charge in [0.05, 0.1) is 5.69 Å². The number of anilines is 2. The summed E-state index contributed by atoms with van der Waals surface area (Å²) < 4.78 is 6.53. The van der Waals surface area contributed by atoms with E-state index in [0.29, 0.717) is 12.1 Å². The molecule has 35 heavy (non-hydrogen) atoms. The van der Waals surface area contributed by atoms with Crippen LogP contribution >= 0.6 is 0 Å². The molecule has 3 heterocycles. The Labute approximate surface area is 210 Å². The van der Waals surface area contributed by atoms with E-state index in [4.69, 9.17) is 10.5 Å². The topological polar surface area (TPSA) is 70.8 Å². The highest BCUT2D eigenvalue weighted by Crippen LogP contribution is 2.31. The van der Waals surface area contributed by atoms with Crippen molar-refractivity contribution in [2.45, 2.75) is 64.5 Å². The number of benzene rings is 1. The highest BCUT2D eigenvalue weighted by molar-refractivity contribution is 5.66. The molecule has 1 saturated carbocycles. The number of ether oxygens (including phenoxy) is 1. The molecule has 0 radical (unpaired) electrons. The lowest BCUT2D eigenvalue weighted by atomic mass is 9.96. The van der Waals surface area contributed by atoms with E-state index >= 15 is 0 Å². The van der Waals surface area contributed by atoms with Crippen molar-refractivity contribution in [3.8, 4) is 11.3 Å². The van der Waals surface area contributed by atoms with E-state index in [1.807, 2.05) is 0 Å². The van der Waals surface area contributed by atoms with Crippen molar-refractivity contribution >= 4 is 11.8 Å². The van der Waals surface area contributed by atoms with Crippen LogP contribution in [-0.4, -0.2) is 65.6 Å². The average Bonchev–Trinajstić information content (AvgIpc) is 3.39. The van der Waals surface area contributed by atoms with E-state index in [1.54, 1.807) is 0 Å². The fraction of sp³-hybridized carbons (Fsp3) is 0.571. The van der Waals surface area contributed by atoms with Crippen molar-refractivity contribution in [3.05, 3.63) is 47.4 Å². The van der Waals surface area contributed by atoms with E-state index in [-0.39, 0.29) is 0 Å². The first-order chi connectivity index (χ1) is 17.1. The van der Waals surface area contributed by atoms with E-state index in [9.17, 15) is 0 Å². The highest BCUT2D eigenvalue weighted by atomic mass is 16.5. The molecule has 0 spiro atoms. The lowest BCUT2D eigenvalue weighted by Crippen LogP contribution is -2.44. The van der Waals surface area contributed by atoms with Crippen LogP contribution in [0.5, 0.6) is 0 Å². The van der Waals surface area contributed by atoms with Crippen molar-refractivity contribution < 1.29 is 4.74 Å². The molecule has 1 aromatic carbocycles. The van der Waals surface area contributed by atoms with Crippen LogP contribution in [-0.2, 0) is 17.7 Å². The van der Waals surface area contributed by atoms with Gasteiger partial charge < -0.3 is 25.2 Å². The second kappa shape index (κ2) is 10.9. The Hall–Kier alpha value is -2.80. The summed E-state index contributed by atoms with van der Waals surface area (Å²) in [5, 5.41) is 0. The lowest BCUT2D eigenvalue weighted by Gasteiger charge is -2.34. The van der Waals surface area contributed by atoms with Gasteiger partial charge in [-0.15, -0.1) is 0 Å². The third-order valence-electron chi connectivity index (χ3n) is 7.58. The zero-order valence-electron chi connectivity index (χ0n) is 21.4. The molecular formula is C28H40N6O. The van der Waals surface area contributed by atoms with Crippen LogP contribution in [0.1, 0.15) is 56.6 Å². The third kappa shape index (κ3) is 5.72. The average molecular weight is 477 g/mol. The molecule has 2 aliphatic heterocycles. The van der Waals surface area contributed by atoms with Gasteiger partial charge in [0.2, 0.25) is 5.95 Å². The number of fused-ring (bicyclic) bond motifs is 1. The van der Waals surface area contributed by atoms with Gasteiger partial charge in [0.1, 0.15) is 11.9 Å². The smallest absolute Gasteiger partial charge is 0.222 e. The fourth-order valence-corrected chi connectivity index (χ4v) is 5.40. The predicted molar refractivity (Wildman–Crippen MR) is 142 cm³/mol. The SMILES string of the molecule is CCC/C=C(/OC1CCCC1)N1CCc2ccc(-c3cc(N4CCN(C)CC4)nc(N)n3)cc2C1. The van der Waals surface area contributed by atoms with E-state index in [0.717, 1.165) is 81.5 Å². The van der Waals surface area contributed by atoms with Crippen LogP contribution in [0.2, 0.25) is 0 Å². The number of likely N-dealkylation sites (N-methyl/N-ethyl adjacent to an activating group) is 1. The molecule has 1 aromatic heterocycles. The number of rotatable bonds is 7. The van der Waals surface area contributed by atoms with E-state index < -0.39 is 0 Å². The van der Waals surface area contributed by atoms with Gasteiger partial charge in [0, 0.05) is 50.9 Å². The first-order valence-corrected chi connectivity index (χ1v) is 13.4. The van der Waals surface area contributed by atoms with Gasteiger partial charge in [-0.3, -0.25) is 0 Å². The Morgan fingerprint density at radius 3 is 2.63 bits per heavy atom. The fourth-order valence-electron chi connectivity index (χ4n) is 5.40. The van der Waals surface area contributed by atoms with Crippen molar-refractivity contribution in [1.82, 2.24) is 19.8 Å². The first-order valence-electron chi connectivity index (χ1n) is 13.4. The third-order valence-corrected chi connectivity index (χ3v) is 7.58. The van der Waals surface area contributed by atoms with Gasteiger partial charge in [0.25, 0.3) is 0 Å². The summed E-state index contributed by atoms with van der Waals surface area (Å²) in [5.41, 5.74) is 10.9. The van der Waals surface area contributed by atoms with Gasteiger partial charge in [-0.1, -0.05) is 25.5 Å². The second-order valence-electron chi connectivity index (χ2n) is 10.3. The van der Waals surface area contributed by atoms with Gasteiger partial charge in [0.15, 0.2) is 5.88 Å². The molecule has 7 nitrogen and oxygen atoms in total. The number of hydrogen-bond acceptors (Lipinski definition) is 7. The number of nitrogens with zero attached hydrogens (tertiary/aromatic N) is 5. The number of nitrogen functional groups attached to an aromatic ring is 1. The normalized spacial score (nSPS) is 19.8. The standard InChI is InChI=1S/C28H40N6O/c1-3-4-9-27(35-24-7-5-6-8-24)34-13-12-21-10-11-22(18-23(21)20-34)25-19-26(31-28(29)30-25)33-16-14-32(2)15-17-33/h9-11,18-19,24H,3-8,12-17,20H2,1-2H3,(H2,29,30,31)/b27-9+. The molecule has 0 atom stereocenters. The summed E-state index contributed by atoms with van der Waals surface area (Å²) in [6.45, 7) is 8.08. The summed E-state index contributed by atoms with van der Waals surface area (Å²) in [7, 11) is 2.16. The Balaban J connectivity index is 1.37. The molecule has 2 aromatic rings. The molecule has 1 saturated heterocycles. The predicted octanol–water partition coefficient (Wildman–Crippen LogP) is 4.44. The molecule has 188 valence electrons. The molecule has 7 heteroatoms. The van der Waals surface area contributed by atoms with Crippen LogP contribution in [0.4, 0.5) is 11.8 Å². The van der Waals surface area contributed by atoms with Crippen molar-refractivity contribution in [1.29, 1.82) is 0 Å². The van der Waals surface area contributed by atoms with E-state index in [1.165, 1.54) is 36.8 Å². The number of nitrogens with two attached hydrogens (primary N) is 1. The zero-order valence-corrected chi connectivity index (χ0v) is 21.4. The van der Waals surface area contributed by atoms with Crippen LogP contribution < -0.4 is 10.6 Å². The monoisotopic (exact) mass is 476 g/mol. The van der Waals surface area contributed by atoms with Crippen LogP contribution in [0.3, 0.4) is 0 Å². The quantitative estimate of drug-likeness (QED) is 0.593. The van der Waals surface area contributed by atoms with Gasteiger partial charge in [-0.25, -0.2) is 4.98 Å². The van der Waals surface area contributed by atoms with Crippen LogP contribution in [0.25, 0.3) is 11.3 Å². The number of hydrogen-bond donors (Lipinski definition) is 1. The number of allylic oxidation sites excluding steroid dienone is 1. The molecule has 3 aliphatic rings. The van der Waals surface area contributed by atoms with Crippen LogP contribution in [0.15, 0.2) is 36.2 Å².